The molecule has 0 aliphatic carbocycles. The average molecular weight is 483 g/mol. The van der Waals surface area contributed by atoms with Gasteiger partial charge in [-0.1, -0.05) is 0 Å². The normalized spacial score (nSPS) is 12.1. The van der Waals surface area contributed by atoms with Gasteiger partial charge < -0.3 is 18.9 Å². The molecule has 2 rings (SSSR count). The van der Waals surface area contributed by atoms with Gasteiger partial charge in [0.1, 0.15) is 5.56 Å². The Morgan fingerprint density at radius 1 is 1.15 bits per heavy atom. The number of hydrogen-bond acceptors (Lipinski definition) is 10. The van der Waals surface area contributed by atoms with Crippen molar-refractivity contribution in [3.05, 3.63) is 40.6 Å². The Bertz CT molecular complexity index is 1170. The molecular formula is C21H26N2O9S. The van der Waals surface area contributed by atoms with Crippen LogP contribution in [0, 0.1) is 6.92 Å². The Kier molecular flexibility index (Phi) is 8.20. The number of benzene rings is 1. The zero-order valence-electron chi connectivity index (χ0n) is 19.2. The Morgan fingerprint density at radius 3 is 2.36 bits per heavy atom. The van der Waals surface area contributed by atoms with Crippen LogP contribution in [0.2, 0.25) is 0 Å². The highest BCUT2D eigenvalue weighted by Gasteiger charge is 2.29. The number of hydrogen-bond donors (Lipinski definition) is 0. The fourth-order valence-electron chi connectivity index (χ4n) is 3.09. The molecule has 0 bridgehead atoms. The molecule has 0 N–H and O–H groups in total. The first-order valence-corrected chi connectivity index (χ1v) is 11.9. The average Bonchev–Trinajstić information content (AvgIpc) is 3.14. The Balaban J connectivity index is 2.53. The van der Waals surface area contributed by atoms with E-state index in [0.717, 1.165) is 13.4 Å². The van der Waals surface area contributed by atoms with Crippen molar-refractivity contribution >= 4 is 27.7 Å². The van der Waals surface area contributed by atoms with Crippen molar-refractivity contribution in [1.82, 2.24) is 9.78 Å². The lowest BCUT2D eigenvalue weighted by Crippen LogP contribution is -2.24. The zero-order valence-corrected chi connectivity index (χ0v) is 20.0. The van der Waals surface area contributed by atoms with Gasteiger partial charge in [-0.05, 0) is 38.5 Å². The van der Waals surface area contributed by atoms with Crippen LogP contribution in [0.3, 0.4) is 0 Å². The monoisotopic (exact) mass is 482 g/mol. The summed E-state index contributed by atoms with van der Waals surface area (Å²) in [6.45, 7) is 6.74. The lowest BCUT2D eigenvalue weighted by atomic mass is 9.96. The largest absolute Gasteiger partial charge is 0.511 e. The smallest absolute Gasteiger partial charge is 0.465 e. The predicted octanol–water partition coefficient (Wildman–Crippen LogP) is 2.53. The van der Waals surface area contributed by atoms with Crippen LogP contribution < -0.4 is 4.74 Å². The molecule has 0 aliphatic heterocycles. The minimum atomic E-state index is -3.77. The van der Waals surface area contributed by atoms with E-state index >= 15 is 0 Å². The van der Waals surface area contributed by atoms with Crippen LogP contribution in [0.25, 0.3) is 0 Å². The first-order chi connectivity index (χ1) is 15.5. The van der Waals surface area contributed by atoms with Gasteiger partial charge in [0.25, 0.3) is 0 Å². The number of rotatable bonds is 9. The van der Waals surface area contributed by atoms with Gasteiger partial charge >= 0.3 is 12.1 Å². The molecular weight excluding hydrogens is 456 g/mol. The van der Waals surface area contributed by atoms with Crippen LogP contribution in [0.15, 0.2) is 23.2 Å². The second-order valence-corrected chi connectivity index (χ2v) is 8.85. The van der Waals surface area contributed by atoms with Gasteiger partial charge in [0.05, 0.1) is 30.4 Å². The third kappa shape index (κ3) is 5.69. The van der Waals surface area contributed by atoms with Gasteiger partial charge in [-0.2, -0.15) is 5.10 Å². The van der Waals surface area contributed by atoms with Gasteiger partial charge in [0.2, 0.25) is 12.2 Å². The molecule has 0 amide bonds. The Hall–Kier alpha value is -3.41. The molecule has 1 aromatic carbocycles. The molecule has 1 aromatic heterocycles. The second kappa shape index (κ2) is 10.5. The number of carbonyl (C=O) groups excluding carboxylic acids is 3. The molecule has 1 heterocycles. The molecule has 1 atom stereocenters. The van der Waals surface area contributed by atoms with Gasteiger partial charge in [-0.3, -0.25) is 4.79 Å². The molecule has 180 valence electrons. The number of ketones is 1. The van der Waals surface area contributed by atoms with Gasteiger partial charge in [-0.15, -0.1) is 0 Å². The summed E-state index contributed by atoms with van der Waals surface area (Å²) in [5.41, 5.74) is -0.0135. The van der Waals surface area contributed by atoms with Crippen molar-refractivity contribution < 1.29 is 41.7 Å². The van der Waals surface area contributed by atoms with Gasteiger partial charge in [-0.25, -0.2) is 22.7 Å². The standard InChI is InChI=1S/C21H26N2O9S/c1-7-23-19(31-13(4)32-21(26)30-8-2)15(11-22-23)18(24)14-9-10-16(33(6,27)28)17(12(14)3)20(25)29-5/h9-11,13H,7-8H2,1-6H3. The van der Waals surface area contributed by atoms with Crippen molar-refractivity contribution in [2.75, 3.05) is 20.0 Å². The van der Waals surface area contributed by atoms with E-state index in [1.807, 2.05) is 0 Å². The molecule has 0 fully saturated rings. The molecule has 11 nitrogen and oxygen atoms in total. The van der Waals surface area contributed by atoms with E-state index in [2.05, 4.69) is 5.10 Å². The van der Waals surface area contributed by atoms with Gasteiger partial charge in [0.15, 0.2) is 15.6 Å². The summed E-state index contributed by atoms with van der Waals surface area (Å²) in [6.07, 6.45) is 0.199. The molecule has 33 heavy (non-hydrogen) atoms. The van der Waals surface area contributed by atoms with Crippen LogP contribution in [-0.2, 0) is 30.6 Å². The predicted molar refractivity (Wildman–Crippen MR) is 115 cm³/mol. The van der Waals surface area contributed by atoms with E-state index < -0.39 is 34.0 Å². The lowest BCUT2D eigenvalue weighted by molar-refractivity contribution is -0.0558. The molecule has 0 saturated heterocycles. The topological polar surface area (TPSA) is 140 Å². The third-order valence-electron chi connectivity index (χ3n) is 4.60. The third-order valence-corrected chi connectivity index (χ3v) is 5.74. The zero-order chi connectivity index (χ0) is 24.9. The second-order valence-electron chi connectivity index (χ2n) is 6.87. The number of esters is 1. The van der Waals surface area contributed by atoms with Crippen LogP contribution in [0.4, 0.5) is 4.79 Å². The highest BCUT2D eigenvalue weighted by atomic mass is 32.2. The summed E-state index contributed by atoms with van der Waals surface area (Å²) in [7, 11) is -2.66. The van der Waals surface area contributed by atoms with E-state index in [-0.39, 0.29) is 39.6 Å². The quantitative estimate of drug-likeness (QED) is 0.297. The highest BCUT2D eigenvalue weighted by molar-refractivity contribution is 7.90. The molecule has 0 saturated carbocycles. The summed E-state index contributed by atoms with van der Waals surface area (Å²) in [5, 5.41) is 4.12. The van der Waals surface area contributed by atoms with Crippen LogP contribution in [0.5, 0.6) is 5.88 Å². The van der Waals surface area contributed by atoms with Crippen molar-refractivity contribution in [2.45, 2.75) is 45.4 Å². The summed E-state index contributed by atoms with van der Waals surface area (Å²) >= 11 is 0. The van der Waals surface area contributed by atoms with E-state index in [4.69, 9.17) is 18.9 Å². The molecule has 2 aromatic rings. The maximum absolute atomic E-state index is 13.4. The van der Waals surface area contributed by atoms with Crippen LogP contribution >= 0.6 is 0 Å². The van der Waals surface area contributed by atoms with Crippen molar-refractivity contribution in [2.24, 2.45) is 0 Å². The number of carbonyl (C=O) groups is 3. The minimum Gasteiger partial charge on any atom is -0.465 e. The highest BCUT2D eigenvalue weighted by Crippen LogP contribution is 2.29. The van der Waals surface area contributed by atoms with Crippen molar-refractivity contribution in [3.8, 4) is 5.88 Å². The maximum atomic E-state index is 13.4. The molecule has 0 radical (unpaired) electrons. The first kappa shape index (κ1) is 25.8. The van der Waals surface area contributed by atoms with Crippen LogP contribution in [-0.4, -0.2) is 62.4 Å². The van der Waals surface area contributed by atoms with E-state index in [1.165, 1.54) is 36.9 Å². The van der Waals surface area contributed by atoms with Crippen molar-refractivity contribution in [1.29, 1.82) is 0 Å². The molecule has 12 heteroatoms. The van der Waals surface area contributed by atoms with E-state index in [9.17, 15) is 22.8 Å². The minimum absolute atomic E-state index is 0.0298. The molecule has 1 unspecified atom stereocenters. The number of nitrogens with zero attached hydrogens (tertiary/aromatic N) is 2. The Morgan fingerprint density at radius 2 is 1.82 bits per heavy atom. The lowest BCUT2D eigenvalue weighted by Gasteiger charge is -2.17. The van der Waals surface area contributed by atoms with E-state index in [0.29, 0.717) is 6.54 Å². The Labute approximate surface area is 191 Å². The SMILES string of the molecule is CCOC(=O)OC(C)Oc1c(C(=O)c2ccc(S(C)(=O)=O)c(C(=O)OC)c2C)cnn1CC. The van der Waals surface area contributed by atoms with Crippen LogP contribution in [0.1, 0.15) is 52.6 Å². The first-order valence-electron chi connectivity index (χ1n) is 9.98. The number of aromatic nitrogens is 2. The molecule has 0 spiro atoms. The fourth-order valence-corrected chi connectivity index (χ4v) is 4.01. The molecule has 0 aliphatic rings. The summed E-state index contributed by atoms with van der Waals surface area (Å²) < 4.78 is 45.8. The summed E-state index contributed by atoms with van der Waals surface area (Å²) in [4.78, 5) is 37.0. The maximum Gasteiger partial charge on any atom is 0.511 e. The van der Waals surface area contributed by atoms with Crippen molar-refractivity contribution in [3.63, 3.8) is 0 Å². The number of ether oxygens (including phenoxy) is 4. The number of methoxy groups -OCH3 is 1. The van der Waals surface area contributed by atoms with E-state index in [1.54, 1.807) is 13.8 Å². The summed E-state index contributed by atoms with van der Waals surface area (Å²) in [6, 6.07) is 2.49. The number of aryl methyl sites for hydroxylation is 1. The fraction of sp³-hybridized carbons (Fsp3) is 0.429. The van der Waals surface area contributed by atoms with Gasteiger partial charge in [0, 0.05) is 25.3 Å². The summed E-state index contributed by atoms with van der Waals surface area (Å²) in [5.74, 6) is -1.43. The number of sulfone groups is 1.